The molecule has 1 aliphatic carbocycles. The van der Waals surface area contributed by atoms with E-state index in [1.54, 1.807) is 6.07 Å². The number of aliphatic hydroxyl groups excluding tert-OH is 1. The minimum absolute atomic E-state index is 0.0186. The number of benzene rings is 1. The van der Waals surface area contributed by atoms with Gasteiger partial charge in [-0.2, -0.15) is 0 Å². The molecule has 1 saturated carbocycles. The van der Waals surface area contributed by atoms with Crippen molar-refractivity contribution in [1.29, 1.82) is 0 Å². The summed E-state index contributed by atoms with van der Waals surface area (Å²) in [5.74, 6) is -0.312. The van der Waals surface area contributed by atoms with Gasteiger partial charge in [0.15, 0.2) is 0 Å². The van der Waals surface area contributed by atoms with E-state index in [4.69, 9.17) is 11.6 Å². The summed E-state index contributed by atoms with van der Waals surface area (Å²) < 4.78 is 12.9. The summed E-state index contributed by atoms with van der Waals surface area (Å²) in [6.45, 7) is 1.63. The van der Waals surface area contributed by atoms with Gasteiger partial charge in [0.2, 0.25) is 0 Å². The molecule has 2 N–H and O–H groups in total. The Kier molecular flexibility index (Phi) is 5.20. The highest BCUT2D eigenvalue weighted by Gasteiger charge is 2.30. The number of rotatable bonds is 5. The first-order valence-electron chi connectivity index (χ1n) is 6.91. The molecule has 106 valence electrons. The molecule has 19 heavy (non-hydrogen) atoms. The Bertz CT molecular complexity index is 419. The van der Waals surface area contributed by atoms with Crippen LogP contribution in [0.25, 0.3) is 0 Å². The van der Waals surface area contributed by atoms with Crippen molar-refractivity contribution in [3.8, 4) is 0 Å². The maximum atomic E-state index is 12.9. The van der Waals surface area contributed by atoms with Crippen molar-refractivity contribution >= 4 is 11.6 Å². The van der Waals surface area contributed by atoms with Gasteiger partial charge in [-0.3, -0.25) is 0 Å². The standard InChI is InChI=1S/C15H21ClFNO/c16-14-8-13(17)5-4-12(14)9-18-10-15(11-19)6-2-1-3-7-15/h4-5,8,18-19H,1-3,6-7,9-11H2. The van der Waals surface area contributed by atoms with Crippen LogP contribution in [-0.4, -0.2) is 18.3 Å². The maximum Gasteiger partial charge on any atom is 0.124 e. The van der Waals surface area contributed by atoms with Crippen molar-refractivity contribution < 1.29 is 9.50 Å². The van der Waals surface area contributed by atoms with Crippen LogP contribution in [0.15, 0.2) is 18.2 Å². The molecule has 0 atom stereocenters. The topological polar surface area (TPSA) is 32.3 Å². The van der Waals surface area contributed by atoms with Crippen LogP contribution in [0.4, 0.5) is 4.39 Å². The zero-order chi connectivity index (χ0) is 13.7. The number of hydrogen-bond donors (Lipinski definition) is 2. The van der Waals surface area contributed by atoms with Crippen LogP contribution in [-0.2, 0) is 6.54 Å². The van der Waals surface area contributed by atoms with E-state index in [-0.39, 0.29) is 17.8 Å². The van der Waals surface area contributed by atoms with Gasteiger partial charge in [0.25, 0.3) is 0 Å². The van der Waals surface area contributed by atoms with Crippen LogP contribution in [0, 0.1) is 11.2 Å². The van der Waals surface area contributed by atoms with Gasteiger partial charge in [-0.15, -0.1) is 0 Å². The highest BCUT2D eigenvalue weighted by Crippen LogP contribution is 2.35. The predicted molar refractivity (Wildman–Crippen MR) is 75.7 cm³/mol. The van der Waals surface area contributed by atoms with Crippen molar-refractivity contribution in [3.63, 3.8) is 0 Å². The van der Waals surface area contributed by atoms with E-state index in [2.05, 4.69) is 5.32 Å². The lowest BCUT2D eigenvalue weighted by atomic mass is 9.74. The lowest BCUT2D eigenvalue weighted by Crippen LogP contribution is -2.38. The van der Waals surface area contributed by atoms with Gasteiger partial charge in [0, 0.05) is 30.1 Å². The molecule has 0 aliphatic heterocycles. The predicted octanol–water partition coefficient (Wildman–Crippen LogP) is 3.51. The zero-order valence-electron chi connectivity index (χ0n) is 11.1. The highest BCUT2D eigenvalue weighted by atomic mass is 35.5. The van der Waals surface area contributed by atoms with E-state index in [9.17, 15) is 9.50 Å². The van der Waals surface area contributed by atoms with Gasteiger partial charge >= 0.3 is 0 Å². The third-order valence-electron chi connectivity index (χ3n) is 4.08. The Morgan fingerprint density at radius 1 is 1.26 bits per heavy atom. The van der Waals surface area contributed by atoms with Crippen molar-refractivity contribution in [2.24, 2.45) is 5.41 Å². The molecule has 1 aliphatic rings. The van der Waals surface area contributed by atoms with Crippen molar-refractivity contribution in [2.75, 3.05) is 13.2 Å². The number of nitrogens with one attached hydrogen (secondary N) is 1. The summed E-state index contributed by atoms with van der Waals surface area (Å²) in [6, 6.07) is 4.46. The minimum atomic E-state index is -0.312. The molecule has 1 aromatic rings. The van der Waals surface area contributed by atoms with Crippen LogP contribution >= 0.6 is 11.6 Å². The molecule has 2 rings (SSSR count). The molecular weight excluding hydrogens is 265 g/mol. The zero-order valence-corrected chi connectivity index (χ0v) is 11.8. The van der Waals surface area contributed by atoms with E-state index in [0.29, 0.717) is 11.6 Å². The van der Waals surface area contributed by atoms with Crippen molar-refractivity contribution in [1.82, 2.24) is 5.32 Å². The van der Waals surface area contributed by atoms with Gasteiger partial charge in [-0.05, 0) is 30.5 Å². The Hall–Kier alpha value is -0.640. The van der Waals surface area contributed by atoms with Crippen LogP contribution in [0.3, 0.4) is 0 Å². The molecule has 0 heterocycles. The fourth-order valence-electron chi connectivity index (χ4n) is 2.82. The minimum Gasteiger partial charge on any atom is -0.396 e. The Morgan fingerprint density at radius 3 is 2.63 bits per heavy atom. The van der Waals surface area contributed by atoms with Crippen LogP contribution < -0.4 is 5.32 Å². The maximum absolute atomic E-state index is 12.9. The summed E-state index contributed by atoms with van der Waals surface area (Å²) in [5, 5.41) is 13.4. The average molecular weight is 286 g/mol. The van der Waals surface area contributed by atoms with Crippen molar-refractivity contribution in [2.45, 2.75) is 38.6 Å². The first-order chi connectivity index (χ1) is 9.15. The summed E-state index contributed by atoms with van der Waals surface area (Å²) >= 11 is 5.99. The fraction of sp³-hybridized carbons (Fsp3) is 0.600. The van der Waals surface area contributed by atoms with Crippen LogP contribution in [0.5, 0.6) is 0 Å². The Balaban J connectivity index is 1.88. The largest absolute Gasteiger partial charge is 0.396 e. The Labute approximate surface area is 119 Å². The number of hydrogen-bond acceptors (Lipinski definition) is 2. The molecule has 0 spiro atoms. The summed E-state index contributed by atoms with van der Waals surface area (Å²) in [6.07, 6.45) is 5.81. The summed E-state index contributed by atoms with van der Waals surface area (Å²) in [4.78, 5) is 0. The van der Waals surface area contributed by atoms with E-state index in [1.165, 1.54) is 31.4 Å². The third kappa shape index (κ3) is 3.91. The molecule has 4 heteroatoms. The summed E-state index contributed by atoms with van der Waals surface area (Å²) in [7, 11) is 0. The molecular formula is C15H21ClFNO. The van der Waals surface area contributed by atoms with Gasteiger partial charge in [-0.1, -0.05) is 36.9 Å². The normalized spacial score (nSPS) is 18.5. The fourth-order valence-corrected chi connectivity index (χ4v) is 3.05. The monoisotopic (exact) mass is 285 g/mol. The highest BCUT2D eigenvalue weighted by molar-refractivity contribution is 6.31. The second-order valence-corrected chi connectivity index (χ2v) is 5.97. The number of halogens is 2. The van der Waals surface area contributed by atoms with E-state index in [1.807, 2.05) is 0 Å². The van der Waals surface area contributed by atoms with Gasteiger partial charge in [0.05, 0.1) is 0 Å². The van der Waals surface area contributed by atoms with E-state index < -0.39 is 0 Å². The van der Waals surface area contributed by atoms with E-state index >= 15 is 0 Å². The van der Waals surface area contributed by atoms with E-state index in [0.717, 1.165) is 24.9 Å². The first-order valence-corrected chi connectivity index (χ1v) is 7.29. The second-order valence-electron chi connectivity index (χ2n) is 5.56. The van der Waals surface area contributed by atoms with Gasteiger partial charge in [0.1, 0.15) is 5.82 Å². The van der Waals surface area contributed by atoms with Gasteiger partial charge in [-0.25, -0.2) is 4.39 Å². The quantitative estimate of drug-likeness (QED) is 0.868. The SMILES string of the molecule is OCC1(CNCc2ccc(F)cc2Cl)CCCCC1. The molecule has 0 saturated heterocycles. The van der Waals surface area contributed by atoms with Crippen LogP contribution in [0.2, 0.25) is 5.02 Å². The first kappa shape index (κ1) is 14.8. The smallest absolute Gasteiger partial charge is 0.124 e. The lowest BCUT2D eigenvalue weighted by molar-refractivity contribution is 0.0810. The molecule has 2 nitrogen and oxygen atoms in total. The average Bonchev–Trinajstić information content (AvgIpc) is 2.42. The third-order valence-corrected chi connectivity index (χ3v) is 4.43. The lowest BCUT2D eigenvalue weighted by Gasteiger charge is -2.35. The number of aliphatic hydroxyl groups is 1. The van der Waals surface area contributed by atoms with Gasteiger partial charge < -0.3 is 10.4 Å². The van der Waals surface area contributed by atoms with Crippen molar-refractivity contribution in [3.05, 3.63) is 34.6 Å². The Morgan fingerprint density at radius 2 is 2.00 bits per heavy atom. The summed E-state index contributed by atoms with van der Waals surface area (Å²) in [5.41, 5.74) is 0.914. The molecule has 1 aromatic carbocycles. The molecule has 0 radical (unpaired) electrons. The molecule has 1 fully saturated rings. The molecule has 0 aromatic heterocycles. The molecule has 0 bridgehead atoms. The van der Waals surface area contributed by atoms with Crippen LogP contribution in [0.1, 0.15) is 37.7 Å². The molecule has 0 amide bonds. The second kappa shape index (κ2) is 6.69. The molecule has 0 unspecified atom stereocenters.